The maximum atomic E-state index is 5.29. The first-order valence-electron chi connectivity index (χ1n) is 17.0. The van der Waals surface area contributed by atoms with Crippen molar-refractivity contribution in [3.05, 3.63) is 182 Å². The Morgan fingerprint density at radius 1 is 0.400 bits per heavy atom. The first kappa shape index (κ1) is 28.7. The normalized spacial score (nSPS) is 11.6. The second-order valence-corrected chi connectivity index (χ2v) is 13.8. The van der Waals surface area contributed by atoms with Gasteiger partial charge >= 0.3 is 0 Å². The van der Waals surface area contributed by atoms with Crippen LogP contribution in [0.15, 0.2) is 182 Å². The second kappa shape index (κ2) is 11.7. The number of para-hydroxylation sites is 1. The van der Waals surface area contributed by atoms with Crippen LogP contribution in [0.2, 0.25) is 0 Å². The number of nitrogens with zero attached hydrogens (tertiary/aromatic N) is 2. The quantitative estimate of drug-likeness (QED) is 0.172. The van der Waals surface area contributed by atoms with Gasteiger partial charge in [0.25, 0.3) is 0 Å². The van der Waals surface area contributed by atoms with Crippen molar-refractivity contribution in [1.29, 1.82) is 0 Å². The number of fused-ring (bicyclic) bond motifs is 8. The largest absolute Gasteiger partial charge is 0.310 e. The molecule has 10 rings (SSSR count). The summed E-state index contributed by atoms with van der Waals surface area (Å²) in [4.78, 5) is 7.63. The van der Waals surface area contributed by atoms with E-state index in [1.165, 1.54) is 58.2 Å². The van der Waals surface area contributed by atoms with E-state index in [2.05, 4.69) is 187 Å². The molecule has 234 valence electrons. The molecule has 0 saturated carbocycles. The topological polar surface area (TPSA) is 16.1 Å². The predicted octanol–water partition coefficient (Wildman–Crippen LogP) is 13.7. The van der Waals surface area contributed by atoms with E-state index in [9.17, 15) is 0 Å². The van der Waals surface area contributed by atoms with Gasteiger partial charge < -0.3 is 4.90 Å². The van der Waals surface area contributed by atoms with Crippen LogP contribution in [-0.2, 0) is 0 Å². The molecule has 0 aliphatic rings. The van der Waals surface area contributed by atoms with E-state index in [0.29, 0.717) is 0 Å². The monoisotopic (exact) mass is 654 g/mol. The lowest BCUT2D eigenvalue weighted by molar-refractivity contribution is 1.29. The second-order valence-electron chi connectivity index (χ2n) is 12.8. The Bertz CT molecular complexity index is 2850. The SMILES string of the molecule is c1ccc(-c2ccc(N(c3ccc(-c4nc5ccccc5c5c4ccc4c6ccccc6sc45)cc3)c3ccc4ccccc4c3)cc2)cc1. The van der Waals surface area contributed by atoms with Crippen LogP contribution in [0.25, 0.3) is 75.0 Å². The molecule has 2 nitrogen and oxygen atoms in total. The first-order chi connectivity index (χ1) is 24.8. The van der Waals surface area contributed by atoms with E-state index in [1.54, 1.807) is 0 Å². The minimum absolute atomic E-state index is 1.01. The molecular formula is C47H30N2S. The molecule has 0 aliphatic heterocycles. The highest BCUT2D eigenvalue weighted by Gasteiger charge is 2.18. The molecule has 0 fully saturated rings. The van der Waals surface area contributed by atoms with Crippen molar-refractivity contribution in [2.24, 2.45) is 0 Å². The molecule has 3 heteroatoms. The van der Waals surface area contributed by atoms with Crippen LogP contribution >= 0.6 is 11.3 Å². The van der Waals surface area contributed by atoms with Crippen LogP contribution < -0.4 is 4.90 Å². The lowest BCUT2D eigenvalue weighted by Crippen LogP contribution is -2.09. The Morgan fingerprint density at radius 3 is 1.80 bits per heavy atom. The van der Waals surface area contributed by atoms with Crippen LogP contribution in [-0.4, -0.2) is 4.98 Å². The smallest absolute Gasteiger partial charge is 0.0788 e. The Hall–Kier alpha value is -6.29. The summed E-state index contributed by atoms with van der Waals surface area (Å²) in [5.74, 6) is 0. The lowest BCUT2D eigenvalue weighted by atomic mass is 9.98. The van der Waals surface area contributed by atoms with E-state index in [0.717, 1.165) is 33.8 Å². The molecule has 0 amide bonds. The van der Waals surface area contributed by atoms with Crippen LogP contribution in [0.4, 0.5) is 17.1 Å². The third-order valence-corrected chi connectivity index (χ3v) is 11.0. The van der Waals surface area contributed by atoms with E-state index in [1.807, 2.05) is 11.3 Å². The molecule has 0 atom stereocenters. The van der Waals surface area contributed by atoms with Gasteiger partial charge in [0.05, 0.1) is 11.2 Å². The summed E-state index contributed by atoms with van der Waals surface area (Å²) in [6.45, 7) is 0. The Morgan fingerprint density at radius 2 is 1.00 bits per heavy atom. The predicted molar refractivity (Wildman–Crippen MR) is 215 cm³/mol. The number of thiophene rings is 1. The molecule has 0 aliphatic carbocycles. The van der Waals surface area contributed by atoms with E-state index in [4.69, 9.17) is 4.98 Å². The zero-order valence-electron chi connectivity index (χ0n) is 27.1. The molecule has 0 radical (unpaired) electrons. The molecule has 0 unspecified atom stereocenters. The Labute approximate surface area is 294 Å². The zero-order chi connectivity index (χ0) is 33.0. The molecule has 0 spiro atoms. The minimum Gasteiger partial charge on any atom is -0.310 e. The molecule has 0 bridgehead atoms. The van der Waals surface area contributed by atoms with Gasteiger partial charge in [0, 0.05) is 59.0 Å². The standard InChI is InChI=1S/C47H30N2S/c1-2-10-31(11-3-1)33-18-23-36(24-19-33)49(38-27-20-32-12-4-5-13-35(32)30-38)37-25-21-34(22-26-37)46-42-29-28-40-39-14-7-9-17-44(39)50-47(40)45(42)41-15-6-8-16-43(41)48-46/h1-30H. The number of rotatable bonds is 5. The molecule has 2 aromatic heterocycles. The van der Waals surface area contributed by atoms with Crippen molar-refractivity contribution in [3.63, 3.8) is 0 Å². The van der Waals surface area contributed by atoms with Crippen molar-refractivity contribution in [1.82, 2.24) is 4.98 Å². The van der Waals surface area contributed by atoms with Crippen molar-refractivity contribution >= 4 is 81.0 Å². The Balaban J connectivity index is 1.13. The zero-order valence-corrected chi connectivity index (χ0v) is 27.9. The molecule has 10 aromatic rings. The molecular weight excluding hydrogens is 625 g/mol. The average molecular weight is 655 g/mol. The number of aromatic nitrogens is 1. The summed E-state index contributed by atoms with van der Waals surface area (Å²) in [6.07, 6.45) is 0. The molecule has 8 aromatic carbocycles. The number of pyridine rings is 1. The molecule has 50 heavy (non-hydrogen) atoms. The summed E-state index contributed by atoms with van der Waals surface area (Å²) in [7, 11) is 0. The van der Waals surface area contributed by atoms with Gasteiger partial charge in [-0.3, -0.25) is 0 Å². The fourth-order valence-corrected chi connectivity index (χ4v) is 8.67. The van der Waals surface area contributed by atoms with Gasteiger partial charge in [-0.1, -0.05) is 133 Å². The lowest BCUT2D eigenvalue weighted by Gasteiger charge is -2.26. The number of hydrogen-bond donors (Lipinski definition) is 0. The van der Waals surface area contributed by atoms with Gasteiger partial charge in [-0.25, -0.2) is 4.98 Å². The fourth-order valence-electron chi connectivity index (χ4n) is 7.40. The van der Waals surface area contributed by atoms with Gasteiger partial charge in [0.1, 0.15) is 0 Å². The molecule has 2 heterocycles. The van der Waals surface area contributed by atoms with Gasteiger partial charge in [0.15, 0.2) is 0 Å². The average Bonchev–Trinajstić information content (AvgIpc) is 3.57. The highest BCUT2D eigenvalue weighted by molar-refractivity contribution is 7.26. The third kappa shape index (κ3) is 4.74. The van der Waals surface area contributed by atoms with Crippen molar-refractivity contribution < 1.29 is 0 Å². The first-order valence-corrected chi connectivity index (χ1v) is 17.8. The highest BCUT2D eigenvalue weighted by atomic mass is 32.1. The number of benzene rings is 8. The van der Waals surface area contributed by atoms with Crippen molar-refractivity contribution in [3.8, 4) is 22.4 Å². The van der Waals surface area contributed by atoms with Gasteiger partial charge in [-0.2, -0.15) is 0 Å². The van der Waals surface area contributed by atoms with E-state index in [-0.39, 0.29) is 0 Å². The summed E-state index contributed by atoms with van der Waals surface area (Å²) in [6, 6.07) is 65.5. The third-order valence-electron chi connectivity index (χ3n) is 9.83. The number of anilines is 3. The van der Waals surface area contributed by atoms with Gasteiger partial charge in [0.2, 0.25) is 0 Å². The summed E-state index contributed by atoms with van der Waals surface area (Å²) >= 11 is 1.88. The maximum Gasteiger partial charge on any atom is 0.0788 e. The van der Waals surface area contributed by atoms with Crippen LogP contribution in [0.5, 0.6) is 0 Å². The minimum atomic E-state index is 1.01. The maximum absolute atomic E-state index is 5.29. The highest BCUT2D eigenvalue weighted by Crippen LogP contribution is 2.44. The van der Waals surface area contributed by atoms with Crippen LogP contribution in [0, 0.1) is 0 Å². The van der Waals surface area contributed by atoms with Crippen molar-refractivity contribution in [2.45, 2.75) is 0 Å². The summed E-state index contributed by atoms with van der Waals surface area (Å²) in [5.41, 5.74) is 8.85. The van der Waals surface area contributed by atoms with Gasteiger partial charge in [-0.05, 0) is 70.4 Å². The number of hydrogen-bond acceptors (Lipinski definition) is 3. The summed E-state index contributed by atoms with van der Waals surface area (Å²) < 4.78 is 2.63. The molecule has 0 saturated heterocycles. The van der Waals surface area contributed by atoms with E-state index >= 15 is 0 Å². The van der Waals surface area contributed by atoms with Crippen LogP contribution in [0.1, 0.15) is 0 Å². The van der Waals surface area contributed by atoms with E-state index < -0.39 is 0 Å². The summed E-state index contributed by atoms with van der Waals surface area (Å²) in [5, 5.41) is 8.72. The van der Waals surface area contributed by atoms with Crippen molar-refractivity contribution in [2.75, 3.05) is 4.90 Å². The van der Waals surface area contributed by atoms with Crippen LogP contribution in [0.3, 0.4) is 0 Å². The Kier molecular flexibility index (Phi) is 6.71. The fraction of sp³-hybridized carbons (Fsp3) is 0. The van der Waals surface area contributed by atoms with Gasteiger partial charge in [-0.15, -0.1) is 11.3 Å². The molecule has 0 N–H and O–H groups in total.